The molecule has 130 valence electrons. The van der Waals surface area contributed by atoms with Gasteiger partial charge in [-0.1, -0.05) is 19.8 Å². The number of hydrogen-bond acceptors (Lipinski definition) is 4. The Hall–Kier alpha value is -2.11. The zero-order valence-corrected chi connectivity index (χ0v) is 14.9. The molecule has 0 spiro atoms. The van der Waals surface area contributed by atoms with Crippen molar-refractivity contribution in [3.05, 3.63) is 17.7 Å². The first-order valence-corrected chi connectivity index (χ1v) is 7.94. The van der Waals surface area contributed by atoms with Gasteiger partial charge < -0.3 is 24.8 Å². The Morgan fingerprint density at radius 3 is 2.30 bits per heavy atom. The summed E-state index contributed by atoms with van der Waals surface area (Å²) in [5.74, 6) is 2.69. The Bertz CT molecular complexity index is 504. The largest absolute Gasteiger partial charge is 0.493 e. The molecule has 1 aromatic rings. The molecular formula is C17H29N3O3. The van der Waals surface area contributed by atoms with Crippen LogP contribution in [0.2, 0.25) is 0 Å². The molecule has 0 aromatic heterocycles. The van der Waals surface area contributed by atoms with Crippen molar-refractivity contribution in [2.75, 3.05) is 34.9 Å². The van der Waals surface area contributed by atoms with Gasteiger partial charge in [0.15, 0.2) is 17.5 Å². The number of rotatable bonds is 9. The summed E-state index contributed by atoms with van der Waals surface area (Å²) in [6.45, 7) is 3.68. The van der Waals surface area contributed by atoms with E-state index >= 15 is 0 Å². The third kappa shape index (κ3) is 5.54. The first-order chi connectivity index (χ1) is 11.2. The van der Waals surface area contributed by atoms with Crippen molar-refractivity contribution in [2.24, 2.45) is 4.99 Å². The average molecular weight is 323 g/mol. The van der Waals surface area contributed by atoms with Gasteiger partial charge in [-0.3, -0.25) is 4.99 Å². The minimum absolute atomic E-state index is 0.580. The summed E-state index contributed by atoms with van der Waals surface area (Å²) in [6.07, 6.45) is 3.56. The lowest BCUT2D eigenvalue weighted by Crippen LogP contribution is -2.37. The van der Waals surface area contributed by atoms with E-state index in [0.717, 1.165) is 24.5 Å². The van der Waals surface area contributed by atoms with E-state index in [0.29, 0.717) is 23.8 Å². The van der Waals surface area contributed by atoms with E-state index in [2.05, 4.69) is 22.5 Å². The number of unbranched alkanes of at least 4 members (excludes halogenated alkanes) is 2. The highest BCUT2D eigenvalue weighted by Gasteiger charge is 2.15. The summed E-state index contributed by atoms with van der Waals surface area (Å²) in [6, 6.07) is 3.83. The van der Waals surface area contributed by atoms with Crippen molar-refractivity contribution in [3.63, 3.8) is 0 Å². The first kappa shape index (κ1) is 18.9. The van der Waals surface area contributed by atoms with Crippen LogP contribution in [0.5, 0.6) is 17.2 Å². The molecule has 6 heteroatoms. The van der Waals surface area contributed by atoms with Crippen LogP contribution in [-0.4, -0.2) is 40.9 Å². The minimum Gasteiger partial charge on any atom is -0.493 e. The third-order valence-electron chi connectivity index (χ3n) is 3.53. The molecule has 0 unspecified atom stereocenters. The lowest BCUT2D eigenvalue weighted by Gasteiger charge is -2.17. The van der Waals surface area contributed by atoms with Crippen LogP contribution < -0.4 is 24.8 Å². The number of aliphatic imine (C=N–C) groups is 1. The van der Waals surface area contributed by atoms with Gasteiger partial charge in [-0.05, 0) is 18.6 Å². The van der Waals surface area contributed by atoms with Crippen LogP contribution in [0.1, 0.15) is 31.7 Å². The van der Waals surface area contributed by atoms with Crippen LogP contribution in [0.4, 0.5) is 0 Å². The maximum absolute atomic E-state index is 5.48. The topological polar surface area (TPSA) is 64.1 Å². The van der Waals surface area contributed by atoms with Gasteiger partial charge in [0, 0.05) is 25.7 Å². The van der Waals surface area contributed by atoms with E-state index in [9.17, 15) is 0 Å². The average Bonchev–Trinajstić information content (AvgIpc) is 2.60. The van der Waals surface area contributed by atoms with E-state index in [1.807, 2.05) is 12.1 Å². The minimum atomic E-state index is 0.580. The molecular weight excluding hydrogens is 294 g/mol. The Morgan fingerprint density at radius 2 is 1.74 bits per heavy atom. The predicted molar refractivity (Wildman–Crippen MR) is 93.8 cm³/mol. The molecule has 1 rings (SSSR count). The number of nitrogens with zero attached hydrogens (tertiary/aromatic N) is 1. The summed E-state index contributed by atoms with van der Waals surface area (Å²) in [7, 11) is 6.60. The smallest absolute Gasteiger partial charge is 0.203 e. The van der Waals surface area contributed by atoms with Crippen LogP contribution in [-0.2, 0) is 6.54 Å². The van der Waals surface area contributed by atoms with Gasteiger partial charge in [-0.25, -0.2) is 0 Å². The van der Waals surface area contributed by atoms with E-state index in [1.54, 1.807) is 28.4 Å². The van der Waals surface area contributed by atoms with Crippen molar-refractivity contribution in [1.82, 2.24) is 10.6 Å². The van der Waals surface area contributed by atoms with Crippen molar-refractivity contribution in [3.8, 4) is 17.2 Å². The van der Waals surface area contributed by atoms with Gasteiger partial charge >= 0.3 is 0 Å². The molecule has 0 fully saturated rings. The van der Waals surface area contributed by atoms with Gasteiger partial charge in [0.2, 0.25) is 5.75 Å². The molecule has 0 aliphatic heterocycles. The zero-order valence-electron chi connectivity index (χ0n) is 14.9. The van der Waals surface area contributed by atoms with Gasteiger partial charge in [-0.15, -0.1) is 0 Å². The van der Waals surface area contributed by atoms with Crippen molar-refractivity contribution >= 4 is 5.96 Å². The standard InChI is InChI=1S/C17H29N3O3/c1-6-7-8-11-19-17(18-2)20-12-13-9-10-14(21-3)16(23-5)15(13)22-4/h9-10H,6-8,11-12H2,1-5H3,(H2,18,19,20). The molecule has 0 aliphatic rings. The highest BCUT2D eigenvalue weighted by molar-refractivity contribution is 5.79. The fourth-order valence-corrected chi connectivity index (χ4v) is 2.28. The highest BCUT2D eigenvalue weighted by Crippen LogP contribution is 2.39. The van der Waals surface area contributed by atoms with E-state index in [-0.39, 0.29) is 0 Å². The lowest BCUT2D eigenvalue weighted by molar-refractivity contribution is 0.322. The molecule has 2 N–H and O–H groups in total. The molecule has 6 nitrogen and oxygen atoms in total. The lowest BCUT2D eigenvalue weighted by atomic mass is 10.1. The normalized spacial score (nSPS) is 11.1. The monoisotopic (exact) mass is 323 g/mol. The maximum atomic E-state index is 5.48. The highest BCUT2D eigenvalue weighted by atomic mass is 16.5. The fraction of sp³-hybridized carbons (Fsp3) is 0.588. The maximum Gasteiger partial charge on any atom is 0.203 e. The van der Waals surface area contributed by atoms with Gasteiger partial charge in [0.1, 0.15) is 0 Å². The summed E-state index contributed by atoms with van der Waals surface area (Å²) >= 11 is 0. The molecule has 0 atom stereocenters. The second kappa shape index (κ2) is 10.6. The molecule has 0 radical (unpaired) electrons. The van der Waals surface area contributed by atoms with Crippen LogP contribution in [0.15, 0.2) is 17.1 Å². The molecule has 23 heavy (non-hydrogen) atoms. The van der Waals surface area contributed by atoms with Gasteiger partial charge in [-0.2, -0.15) is 0 Å². The van der Waals surface area contributed by atoms with Gasteiger partial charge in [0.05, 0.1) is 21.3 Å². The second-order valence-electron chi connectivity index (χ2n) is 5.05. The molecule has 0 saturated heterocycles. The second-order valence-corrected chi connectivity index (χ2v) is 5.05. The first-order valence-electron chi connectivity index (χ1n) is 7.94. The number of ether oxygens (including phenoxy) is 3. The van der Waals surface area contributed by atoms with E-state index in [1.165, 1.54) is 12.8 Å². The van der Waals surface area contributed by atoms with Crippen LogP contribution in [0, 0.1) is 0 Å². The van der Waals surface area contributed by atoms with E-state index in [4.69, 9.17) is 14.2 Å². The Kier molecular flexibility index (Phi) is 8.72. The van der Waals surface area contributed by atoms with Crippen molar-refractivity contribution in [2.45, 2.75) is 32.7 Å². The van der Waals surface area contributed by atoms with Crippen molar-refractivity contribution in [1.29, 1.82) is 0 Å². The summed E-state index contributed by atoms with van der Waals surface area (Å²) < 4.78 is 16.2. The Labute approximate surface area is 139 Å². The number of hydrogen-bond donors (Lipinski definition) is 2. The summed E-state index contributed by atoms with van der Waals surface area (Å²) in [4.78, 5) is 4.23. The number of nitrogens with one attached hydrogen (secondary N) is 2. The molecule has 0 saturated carbocycles. The number of guanidine groups is 1. The fourth-order valence-electron chi connectivity index (χ4n) is 2.28. The molecule has 0 heterocycles. The zero-order chi connectivity index (χ0) is 17.1. The molecule has 0 aliphatic carbocycles. The molecule has 0 bridgehead atoms. The van der Waals surface area contributed by atoms with Gasteiger partial charge in [0.25, 0.3) is 0 Å². The van der Waals surface area contributed by atoms with Crippen LogP contribution in [0.25, 0.3) is 0 Å². The SMILES string of the molecule is CCCCCNC(=NC)NCc1ccc(OC)c(OC)c1OC. The summed E-state index contributed by atoms with van der Waals surface area (Å²) in [5, 5.41) is 6.59. The molecule has 0 amide bonds. The Morgan fingerprint density at radius 1 is 1.00 bits per heavy atom. The molecule has 1 aromatic carbocycles. The quantitative estimate of drug-likeness (QED) is 0.415. The number of benzene rings is 1. The van der Waals surface area contributed by atoms with Crippen LogP contribution in [0.3, 0.4) is 0 Å². The van der Waals surface area contributed by atoms with E-state index < -0.39 is 0 Å². The third-order valence-corrected chi connectivity index (χ3v) is 3.53. The number of methoxy groups -OCH3 is 3. The van der Waals surface area contributed by atoms with Crippen molar-refractivity contribution < 1.29 is 14.2 Å². The Balaban J connectivity index is 2.72. The predicted octanol–water partition coefficient (Wildman–Crippen LogP) is 2.57. The van der Waals surface area contributed by atoms with Crippen LogP contribution >= 0.6 is 0 Å². The summed E-state index contributed by atoms with van der Waals surface area (Å²) in [5.41, 5.74) is 0.974.